The second-order valence-corrected chi connectivity index (χ2v) is 15.2. The Balaban J connectivity index is 1.04. The predicted molar refractivity (Wildman–Crippen MR) is 229 cm³/mol. The third-order valence-electron chi connectivity index (χ3n) is 11.7. The molecule has 9 aromatic rings. The fourth-order valence-corrected chi connectivity index (χ4v) is 9.14. The minimum Gasteiger partial charge on any atom is -0.310 e. The van der Waals surface area contributed by atoms with Crippen LogP contribution in [0.15, 0.2) is 188 Å². The van der Waals surface area contributed by atoms with Crippen LogP contribution in [0, 0.1) is 0 Å². The van der Waals surface area contributed by atoms with E-state index in [9.17, 15) is 0 Å². The van der Waals surface area contributed by atoms with E-state index >= 15 is 0 Å². The molecule has 0 unspecified atom stereocenters. The van der Waals surface area contributed by atoms with Crippen molar-refractivity contribution in [3.63, 3.8) is 0 Å². The smallest absolute Gasteiger partial charge is 0.145 e. The van der Waals surface area contributed by atoms with Crippen molar-refractivity contribution >= 4 is 28.1 Å². The van der Waals surface area contributed by atoms with Crippen molar-refractivity contribution in [2.24, 2.45) is 0 Å². The highest BCUT2D eigenvalue weighted by Crippen LogP contribution is 2.51. The van der Waals surface area contributed by atoms with Gasteiger partial charge >= 0.3 is 0 Å². The number of hydrogen-bond acceptors (Lipinski definition) is 2. The van der Waals surface area contributed by atoms with E-state index in [1.165, 1.54) is 44.5 Å². The van der Waals surface area contributed by atoms with Gasteiger partial charge in [0.05, 0.1) is 16.7 Å². The number of aromatic nitrogens is 2. The lowest BCUT2D eigenvalue weighted by Gasteiger charge is -2.28. The van der Waals surface area contributed by atoms with Gasteiger partial charge in [0.15, 0.2) is 0 Å². The number of fused-ring (bicyclic) bond motifs is 8. The topological polar surface area (TPSA) is 21.1 Å². The Labute approximate surface area is 321 Å². The van der Waals surface area contributed by atoms with E-state index in [0.717, 1.165) is 56.3 Å². The maximum Gasteiger partial charge on any atom is 0.145 e. The van der Waals surface area contributed by atoms with Crippen LogP contribution >= 0.6 is 0 Å². The van der Waals surface area contributed by atoms with Gasteiger partial charge in [-0.15, -0.1) is 0 Å². The fourth-order valence-electron chi connectivity index (χ4n) is 9.14. The summed E-state index contributed by atoms with van der Waals surface area (Å²) in [4.78, 5) is 7.72. The fraction of sp³-hybridized carbons (Fsp3) is 0.0577. The monoisotopic (exact) mass is 703 g/mol. The molecule has 3 nitrogen and oxygen atoms in total. The first-order chi connectivity index (χ1) is 27.0. The number of para-hydroxylation sites is 3. The summed E-state index contributed by atoms with van der Waals surface area (Å²) >= 11 is 0. The van der Waals surface area contributed by atoms with E-state index in [0.29, 0.717) is 0 Å². The van der Waals surface area contributed by atoms with Crippen molar-refractivity contribution in [2.75, 3.05) is 4.90 Å². The van der Waals surface area contributed by atoms with Crippen LogP contribution in [0.1, 0.15) is 25.0 Å². The van der Waals surface area contributed by atoms with Crippen molar-refractivity contribution in [3.05, 3.63) is 199 Å². The predicted octanol–water partition coefficient (Wildman–Crippen LogP) is 13.8. The highest BCUT2D eigenvalue weighted by atomic mass is 15.1. The number of rotatable bonds is 5. The Bertz CT molecular complexity index is 2970. The molecule has 0 N–H and O–H groups in total. The van der Waals surface area contributed by atoms with Crippen molar-refractivity contribution in [2.45, 2.75) is 19.3 Å². The summed E-state index contributed by atoms with van der Waals surface area (Å²) < 4.78 is 2.38. The molecule has 0 spiro atoms. The first-order valence-electron chi connectivity index (χ1n) is 19.1. The van der Waals surface area contributed by atoms with Gasteiger partial charge in [-0.2, -0.15) is 0 Å². The number of hydrogen-bond donors (Lipinski definition) is 0. The Morgan fingerprint density at radius 2 is 1.00 bits per heavy atom. The molecule has 260 valence electrons. The van der Waals surface area contributed by atoms with E-state index in [1.54, 1.807) is 0 Å². The number of nitrogens with zero attached hydrogens (tertiary/aromatic N) is 3. The molecule has 1 aliphatic heterocycles. The summed E-state index contributed by atoms with van der Waals surface area (Å²) in [5.41, 5.74) is 20.2. The van der Waals surface area contributed by atoms with Gasteiger partial charge in [-0.3, -0.25) is 4.57 Å². The quantitative estimate of drug-likeness (QED) is 0.178. The van der Waals surface area contributed by atoms with Crippen LogP contribution in [0.4, 0.5) is 17.1 Å². The summed E-state index contributed by atoms with van der Waals surface area (Å²) in [5.74, 6) is 0.938. The van der Waals surface area contributed by atoms with Crippen molar-refractivity contribution in [3.8, 4) is 61.6 Å². The molecular formula is C52H37N3. The molecule has 0 amide bonds. The summed E-state index contributed by atoms with van der Waals surface area (Å²) in [6.07, 6.45) is 0. The lowest BCUT2D eigenvalue weighted by Crippen LogP contribution is -2.16. The average molecular weight is 704 g/mol. The van der Waals surface area contributed by atoms with Crippen LogP contribution in [0.5, 0.6) is 0 Å². The number of benzene rings is 8. The van der Waals surface area contributed by atoms with Gasteiger partial charge in [0.25, 0.3) is 0 Å². The number of anilines is 3. The van der Waals surface area contributed by atoms with Gasteiger partial charge in [-0.1, -0.05) is 147 Å². The number of imidazole rings is 1. The summed E-state index contributed by atoms with van der Waals surface area (Å²) in [6.45, 7) is 4.69. The molecule has 0 saturated carbocycles. The van der Waals surface area contributed by atoms with E-state index in [-0.39, 0.29) is 5.41 Å². The lowest BCUT2D eigenvalue weighted by atomic mass is 9.82. The molecule has 3 heteroatoms. The van der Waals surface area contributed by atoms with Gasteiger partial charge in [0.2, 0.25) is 0 Å². The minimum absolute atomic E-state index is 0.0906. The van der Waals surface area contributed by atoms with Crippen molar-refractivity contribution in [1.82, 2.24) is 9.55 Å². The molecule has 2 aliphatic rings. The summed E-state index contributed by atoms with van der Waals surface area (Å²) in [5, 5.41) is 0. The third-order valence-corrected chi connectivity index (χ3v) is 11.7. The maximum atomic E-state index is 5.34. The molecule has 11 rings (SSSR count). The Hall–Kier alpha value is -6.97. The molecule has 0 radical (unpaired) electrons. The summed E-state index contributed by atoms with van der Waals surface area (Å²) in [6, 6.07) is 68.3. The molecule has 8 aromatic carbocycles. The second-order valence-electron chi connectivity index (χ2n) is 15.2. The molecular weight excluding hydrogens is 667 g/mol. The van der Waals surface area contributed by atoms with Gasteiger partial charge in [0, 0.05) is 39.2 Å². The van der Waals surface area contributed by atoms with Gasteiger partial charge in [0.1, 0.15) is 5.82 Å². The summed E-state index contributed by atoms with van der Waals surface area (Å²) in [7, 11) is 0. The molecule has 55 heavy (non-hydrogen) atoms. The molecule has 0 atom stereocenters. The van der Waals surface area contributed by atoms with E-state index in [2.05, 4.69) is 211 Å². The van der Waals surface area contributed by atoms with Crippen molar-refractivity contribution < 1.29 is 0 Å². The van der Waals surface area contributed by atoms with Crippen LogP contribution in [0.3, 0.4) is 0 Å². The zero-order chi connectivity index (χ0) is 36.7. The maximum absolute atomic E-state index is 5.34. The Kier molecular flexibility index (Phi) is 6.90. The Morgan fingerprint density at radius 3 is 1.84 bits per heavy atom. The third kappa shape index (κ3) is 4.79. The Morgan fingerprint density at radius 1 is 0.418 bits per heavy atom. The van der Waals surface area contributed by atoms with Crippen molar-refractivity contribution in [1.29, 1.82) is 0 Å². The molecule has 0 bridgehead atoms. The molecule has 0 saturated heterocycles. The molecule has 2 heterocycles. The van der Waals surface area contributed by atoms with E-state index in [4.69, 9.17) is 4.98 Å². The largest absolute Gasteiger partial charge is 0.310 e. The zero-order valence-corrected chi connectivity index (χ0v) is 30.7. The first kappa shape index (κ1) is 31.5. The van der Waals surface area contributed by atoms with Crippen LogP contribution in [0.25, 0.3) is 72.6 Å². The molecule has 0 fully saturated rings. The second kappa shape index (κ2) is 12.0. The van der Waals surface area contributed by atoms with Crippen LogP contribution in [-0.2, 0) is 5.41 Å². The van der Waals surface area contributed by atoms with E-state index in [1.807, 2.05) is 0 Å². The van der Waals surface area contributed by atoms with Crippen LogP contribution < -0.4 is 4.90 Å². The zero-order valence-electron chi connectivity index (χ0n) is 30.7. The lowest BCUT2D eigenvalue weighted by molar-refractivity contribution is 0.660. The SMILES string of the molecule is CC1(C)c2ccccc2-c2ccc(N(c3ccccc3)c3cccc(-c4cccc(-c5nc6cccc7c6n5-c5ccccc5-c5ccccc5-7)c4)c3)cc21. The highest BCUT2D eigenvalue weighted by molar-refractivity contribution is 6.03. The minimum atomic E-state index is -0.0906. The van der Waals surface area contributed by atoms with Crippen LogP contribution in [-0.4, -0.2) is 9.55 Å². The molecule has 1 aromatic heterocycles. The van der Waals surface area contributed by atoms with Gasteiger partial charge in [-0.25, -0.2) is 4.98 Å². The normalized spacial score (nSPS) is 13.1. The van der Waals surface area contributed by atoms with Crippen LogP contribution in [0.2, 0.25) is 0 Å². The van der Waals surface area contributed by atoms with Gasteiger partial charge in [-0.05, 0) is 99.1 Å². The standard InChI is InChI=1S/C52H37N3/c1-52(2)46-26-10-8-23-42(46)43-30-29-39(33-47(43)52)54(37-18-4-3-5-19-37)38-20-13-16-35(32-38)34-15-12-17-36(31-34)51-53-48-27-14-25-45-41-22-7-6-21-40(41)44-24-9-11-28-49(44)55(51)50(45)48/h3-33H,1-2H3. The molecule has 1 aliphatic carbocycles. The first-order valence-corrected chi connectivity index (χ1v) is 19.1. The highest BCUT2D eigenvalue weighted by Gasteiger charge is 2.35. The average Bonchev–Trinajstić information content (AvgIpc) is 3.70. The van der Waals surface area contributed by atoms with E-state index < -0.39 is 0 Å². The van der Waals surface area contributed by atoms with Gasteiger partial charge < -0.3 is 4.90 Å².